The summed E-state index contributed by atoms with van der Waals surface area (Å²) < 4.78 is 19.2. The van der Waals surface area contributed by atoms with Gasteiger partial charge in [-0.3, -0.25) is 20.4 Å². The molecule has 1 amide bonds. The molecule has 2 aliphatic heterocycles. The maximum absolute atomic E-state index is 13.5. The van der Waals surface area contributed by atoms with Crippen molar-refractivity contribution in [3.8, 4) is 11.4 Å². The molecule has 3 aromatic rings. The molecule has 3 unspecified atom stereocenters. The SMILES string of the molecule is O=C1C2CNNC2NC(SCc2nc(-c3ccc(F)c(Br)c3)no2)N1c1ccccc1. The van der Waals surface area contributed by atoms with E-state index in [1.54, 1.807) is 17.0 Å². The third-order valence-electron chi connectivity index (χ3n) is 5.14. The summed E-state index contributed by atoms with van der Waals surface area (Å²) in [4.78, 5) is 19.4. The largest absolute Gasteiger partial charge is 0.338 e. The molecule has 3 atom stereocenters. The van der Waals surface area contributed by atoms with Crippen LogP contribution in [-0.4, -0.2) is 34.3 Å². The van der Waals surface area contributed by atoms with Crippen molar-refractivity contribution in [2.45, 2.75) is 17.4 Å². The Labute approximate surface area is 190 Å². The number of hydrogen-bond acceptors (Lipinski definition) is 8. The van der Waals surface area contributed by atoms with E-state index in [0.29, 0.717) is 34.0 Å². The van der Waals surface area contributed by atoms with Crippen molar-refractivity contribution in [3.05, 3.63) is 64.7 Å². The number of amides is 1. The van der Waals surface area contributed by atoms with Gasteiger partial charge in [-0.25, -0.2) is 9.82 Å². The van der Waals surface area contributed by atoms with Gasteiger partial charge < -0.3 is 4.52 Å². The van der Waals surface area contributed by atoms with Crippen molar-refractivity contribution in [3.63, 3.8) is 0 Å². The van der Waals surface area contributed by atoms with E-state index in [1.807, 2.05) is 30.3 Å². The Kier molecular flexibility index (Phi) is 5.76. The first-order valence-corrected chi connectivity index (χ1v) is 11.5. The lowest BCUT2D eigenvalue weighted by Crippen LogP contribution is -2.64. The van der Waals surface area contributed by atoms with Crippen LogP contribution in [0, 0.1) is 11.7 Å². The molecular formula is C20H18BrFN6O2S. The molecule has 2 aromatic carbocycles. The quantitative estimate of drug-likeness (QED) is 0.488. The zero-order valence-electron chi connectivity index (χ0n) is 16.1. The van der Waals surface area contributed by atoms with Crippen LogP contribution in [0.2, 0.25) is 0 Å². The van der Waals surface area contributed by atoms with Crippen LogP contribution in [0.1, 0.15) is 5.89 Å². The number of hydrogen-bond donors (Lipinski definition) is 3. The minimum Gasteiger partial charge on any atom is -0.338 e. The minimum absolute atomic E-state index is 0.0485. The summed E-state index contributed by atoms with van der Waals surface area (Å²) in [5.41, 5.74) is 7.32. The topological polar surface area (TPSA) is 95.3 Å². The molecule has 2 aliphatic rings. The number of rotatable bonds is 5. The number of para-hydroxylation sites is 1. The maximum atomic E-state index is 13.5. The molecule has 3 N–H and O–H groups in total. The number of carbonyl (C=O) groups excluding carboxylic acids is 1. The minimum atomic E-state index is -0.356. The summed E-state index contributed by atoms with van der Waals surface area (Å²) in [6.07, 6.45) is -0.153. The van der Waals surface area contributed by atoms with E-state index >= 15 is 0 Å². The summed E-state index contributed by atoms with van der Waals surface area (Å²) in [7, 11) is 0. The number of thioether (sulfide) groups is 1. The number of aromatic nitrogens is 2. The van der Waals surface area contributed by atoms with Gasteiger partial charge in [0.25, 0.3) is 0 Å². The zero-order chi connectivity index (χ0) is 21.4. The van der Waals surface area contributed by atoms with Crippen LogP contribution >= 0.6 is 27.7 Å². The summed E-state index contributed by atoms with van der Waals surface area (Å²) in [5, 5.41) is 7.47. The summed E-state index contributed by atoms with van der Waals surface area (Å²) in [6.45, 7) is 0.567. The molecule has 0 radical (unpaired) electrons. The molecule has 1 aromatic heterocycles. The number of nitrogens with one attached hydrogen (secondary N) is 3. The molecule has 2 fully saturated rings. The van der Waals surface area contributed by atoms with Crippen LogP contribution in [0.5, 0.6) is 0 Å². The average molecular weight is 505 g/mol. The van der Waals surface area contributed by atoms with Gasteiger partial charge in [-0.1, -0.05) is 23.4 Å². The first-order valence-electron chi connectivity index (χ1n) is 9.62. The highest BCUT2D eigenvalue weighted by molar-refractivity contribution is 9.10. The van der Waals surface area contributed by atoms with Crippen LogP contribution in [0.4, 0.5) is 10.1 Å². The van der Waals surface area contributed by atoms with Crippen LogP contribution in [-0.2, 0) is 10.5 Å². The first-order chi connectivity index (χ1) is 15.1. The second-order valence-electron chi connectivity index (χ2n) is 7.12. The lowest BCUT2D eigenvalue weighted by molar-refractivity contribution is -0.124. The van der Waals surface area contributed by atoms with E-state index in [-0.39, 0.29) is 29.3 Å². The van der Waals surface area contributed by atoms with Gasteiger partial charge in [0.2, 0.25) is 17.6 Å². The number of carbonyl (C=O) groups is 1. The van der Waals surface area contributed by atoms with Gasteiger partial charge in [0, 0.05) is 17.8 Å². The number of anilines is 1. The number of fused-ring (bicyclic) bond motifs is 1. The standard InChI is InChI=1S/C20H18BrFN6O2S/c21-14-8-11(6-7-15(14)22)17-24-16(30-27-17)10-31-20-25-18-13(9-23-26-18)19(29)28(20)12-4-2-1-3-5-12/h1-8,13,18,20,23,25-26H,9-10H2. The van der Waals surface area contributed by atoms with E-state index in [0.717, 1.165) is 5.69 Å². The normalized spacial score (nSPS) is 23.2. The van der Waals surface area contributed by atoms with Crippen molar-refractivity contribution in [2.75, 3.05) is 11.4 Å². The van der Waals surface area contributed by atoms with E-state index in [9.17, 15) is 9.18 Å². The third kappa shape index (κ3) is 4.11. The fraction of sp³-hybridized carbons (Fsp3) is 0.250. The van der Waals surface area contributed by atoms with Crippen molar-refractivity contribution < 1.29 is 13.7 Å². The molecule has 2 saturated heterocycles. The lowest BCUT2D eigenvalue weighted by Gasteiger charge is -2.41. The van der Waals surface area contributed by atoms with Gasteiger partial charge in [0.05, 0.1) is 22.3 Å². The van der Waals surface area contributed by atoms with Crippen LogP contribution in [0.15, 0.2) is 57.5 Å². The molecule has 0 bridgehead atoms. The highest BCUT2D eigenvalue weighted by Crippen LogP contribution is 2.32. The Bertz CT molecular complexity index is 1100. The van der Waals surface area contributed by atoms with E-state index in [2.05, 4.69) is 42.2 Å². The lowest BCUT2D eigenvalue weighted by atomic mass is 10.0. The van der Waals surface area contributed by atoms with Gasteiger partial charge in [0.15, 0.2) is 0 Å². The Balaban J connectivity index is 1.34. The number of halogens is 2. The Morgan fingerprint density at radius 3 is 2.90 bits per heavy atom. The Morgan fingerprint density at radius 1 is 1.26 bits per heavy atom. The molecule has 8 nitrogen and oxygen atoms in total. The predicted molar refractivity (Wildman–Crippen MR) is 118 cm³/mol. The molecule has 31 heavy (non-hydrogen) atoms. The van der Waals surface area contributed by atoms with Crippen molar-refractivity contribution in [2.24, 2.45) is 5.92 Å². The zero-order valence-corrected chi connectivity index (χ0v) is 18.5. The van der Waals surface area contributed by atoms with Crippen molar-refractivity contribution in [1.29, 1.82) is 0 Å². The fourth-order valence-electron chi connectivity index (χ4n) is 3.60. The second-order valence-corrected chi connectivity index (χ2v) is 9.05. The summed E-state index contributed by atoms with van der Waals surface area (Å²) >= 11 is 4.65. The van der Waals surface area contributed by atoms with Gasteiger partial charge >= 0.3 is 0 Å². The summed E-state index contributed by atoms with van der Waals surface area (Å²) in [6, 6.07) is 14.1. The molecule has 3 heterocycles. The Morgan fingerprint density at radius 2 is 2.10 bits per heavy atom. The maximum Gasteiger partial charge on any atom is 0.237 e. The number of nitrogens with zero attached hydrogens (tertiary/aromatic N) is 3. The number of hydrazine groups is 1. The molecular weight excluding hydrogens is 487 g/mol. The van der Waals surface area contributed by atoms with E-state index in [4.69, 9.17) is 4.52 Å². The number of benzene rings is 2. The van der Waals surface area contributed by atoms with E-state index < -0.39 is 0 Å². The van der Waals surface area contributed by atoms with Gasteiger partial charge in [-0.15, -0.1) is 11.8 Å². The van der Waals surface area contributed by atoms with Gasteiger partial charge in [-0.2, -0.15) is 4.98 Å². The van der Waals surface area contributed by atoms with Gasteiger partial charge in [-0.05, 0) is 46.3 Å². The fourth-order valence-corrected chi connectivity index (χ4v) is 5.01. The smallest absolute Gasteiger partial charge is 0.237 e. The second kappa shape index (κ2) is 8.67. The van der Waals surface area contributed by atoms with Gasteiger partial charge in [0.1, 0.15) is 11.3 Å². The van der Waals surface area contributed by atoms with Crippen molar-refractivity contribution >= 4 is 39.3 Å². The van der Waals surface area contributed by atoms with E-state index in [1.165, 1.54) is 17.8 Å². The molecule has 11 heteroatoms. The monoisotopic (exact) mass is 504 g/mol. The van der Waals surface area contributed by atoms with Crippen LogP contribution in [0.25, 0.3) is 11.4 Å². The first kappa shape index (κ1) is 20.6. The summed E-state index contributed by atoms with van der Waals surface area (Å²) in [5.74, 6) is 0.698. The highest BCUT2D eigenvalue weighted by Gasteiger charge is 2.44. The molecule has 0 spiro atoms. The molecule has 160 valence electrons. The molecule has 0 saturated carbocycles. The highest BCUT2D eigenvalue weighted by atomic mass is 79.9. The van der Waals surface area contributed by atoms with Crippen molar-refractivity contribution in [1.82, 2.24) is 26.3 Å². The molecule has 5 rings (SSSR count). The predicted octanol–water partition coefficient (Wildman–Crippen LogP) is 2.84. The van der Waals surface area contributed by atoms with Crippen LogP contribution < -0.4 is 21.1 Å². The van der Waals surface area contributed by atoms with Crippen LogP contribution in [0.3, 0.4) is 0 Å². The average Bonchev–Trinajstić information content (AvgIpc) is 3.45. The Hall–Kier alpha value is -2.31. The third-order valence-corrected chi connectivity index (χ3v) is 6.82. The molecule has 0 aliphatic carbocycles.